The number of benzene rings is 2. The van der Waals surface area contributed by atoms with Gasteiger partial charge >= 0.3 is 12.1 Å². The summed E-state index contributed by atoms with van der Waals surface area (Å²) in [6.07, 6.45) is -0.986. The van der Waals surface area contributed by atoms with E-state index in [2.05, 4.69) is 21.3 Å². The molecule has 0 aliphatic carbocycles. The monoisotopic (exact) mass is 820 g/mol. The molecule has 1 aliphatic heterocycles. The molecule has 4 N–H and O–H groups in total. The third-order valence-corrected chi connectivity index (χ3v) is 9.35. The first-order valence-electron chi connectivity index (χ1n) is 19.8. The van der Waals surface area contributed by atoms with E-state index >= 15 is 0 Å². The molecule has 0 saturated carbocycles. The lowest BCUT2D eigenvalue weighted by molar-refractivity contribution is -0.149. The molecule has 59 heavy (non-hydrogen) atoms. The molecular weight excluding hydrogens is 761 g/mol. The number of aryl methyl sites for hydroxylation is 1. The van der Waals surface area contributed by atoms with Crippen LogP contribution in [0.15, 0.2) is 60.7 Å². The van der Waals surface area contributed by atoms with Crippen LogP contribution in [0.2, 0.25) is 0 Å². The average Bonchev–Trinajstić information content (AvgIpc) is 3.59. The summed E-state index contributed by atoms with van der Waals surface area (Å²) in [6.45, 7) is 11.2. The minimum absolute atomic E-state index is 0.0426. The van der Waals surface area contributed by atoms with Gasteiger partial charge in [0.05, 0.1) is 19.1 Å². The van der Waals surface area contributed by atoms with Gasteiger partial charge in [0, 0.05) is 26.9 Å². The molecule has 3 rings (SSSR count). The van der Waals surface area contributed by atoms with E-state index in [-0.39, 0.29) is 25.8 Å². The van der Waals surface area contributed by atoms with Crippen molar-refractivity contribution in [3.8, 4) is 0 Å². The van der Waals surface area contributed by atoms with Crippen molar-refractivity contribution < 1.29 is 47.8 Å². The Bertz CT molecular complexity index is 1810. The lowest BCUT2D eigenvalue weighted by Gasteiger charge is -2.35. The molecule has 0 bridgehead atoms. The molecule has 6 amide bonds. The van der Waals surface area contributed by atoms with E-state index in [1.807, 2.05) is 30.3 Å². The van der Waals surface area contributed by atoms with Crippen LogP contribution in [-0.2, 0) is 49.5 Å². The van der Waals surface area contributed by atoms with E-state index in [1.54, 1.807) is 78.8 Å². The second-order valence-corrected chi connectivity index (χ2v) is 16.8. The van der Waals surface area contributed by atoms with Gasteiger partial charge in [-0.3, -0.25) is 33.6 Å². The molecule has 16 heteroatoms. The SMILES string of the molecule is CCCC(NC(=O)C1CC(OC(=O)CCc2ccccc2)CN1C(=O)C(NC(=O)OC(C)(C)C)C(C)(C)C)C(=O)C(=O)NCC(=O)NC(C(=O)N(C)C)c1ccccc1. The number of esters is 1. The predicted molar refractivity (Wildman–Crippen MR) is 218 cm³/mol. The topological polar surface area (TPSA) is 210 Å². The van der Waals surface area contributed by atoms with Gasteiger partial charge in [-0.1, -0.05) is 94.8 Å². The number of hydrogen-bond donors (Lipinski definition) is 4. The van der Waals surface area contributed by atoms with Crippen LogP contribution in [0.1, 0.15) is 91.3 Å². The van der Waals surface area contributed by atoms with E-state index in [0.717, 1.165) is 5.56 Å². The zero-order chi connectivity index (χ0) is 44.1. The Labute approximate surface area is 346 Å². The zero-order valence-electron chi connectivity index (χ0n) is 35.6. The van der Waals surface area contributed by atoms with Gasteiger partial charge in [0.1, 0.15) is 29.8 Å². The number of rotatable bonds is 17. The van der Waals surface area contributed by atoms with Crippen LogP contribution >= 0.6 is 0 Å². The van der Waals surface area contributed by atoms with E-state index < -0.39 is 95.2 Å². The maximum absolute atomic E-state index is 14.3. The Morgan fingerprint density at radius 1 is 0.847 bits per heavy atom. The van der Waals surface area contributed by atoms with Crippen molar-refractivity contribution in [3.63, 3.8) is 0 Å². The molecule has 1 saturated heterocycles. The number of hydrogen-bond acceptors (Lipinski definition) is 10. The maximum Gasteiger partial charge on any atom is 0.408 e. The van der Waals surface area contributed by atoms with Crippen LogP contribution < -0.4 is 21.3 Å². The third-order valence-electron chi connectivity index (χ3n) is 9.35. The number of carbonyl (C=O) groups is 8. The van der Waals surface area contributed by atoms with Crippen molar-refractivity contribution in [1.29, 1.82) is 0 Å². The first kappa shape index (κ1) is 47.6. The lowest BCUT2D eigenvalue weighted by Crippen LogP contribution is -2.59. The summed E-state index contributed by atoms with van der Waals surface area (Å²) >= 11 is 0. The number of Topliss-reactive ketones (excluding diaryl/α,β-unsaturated/α-hetero) is 1. The van der Waals surface area contributed by atoms with Crippen molar-refractivity contribution in [2.75, 3.05) is 27.2 Å². The molecule has 1 heterocycles. The molecule has 5 atom stereocenters. The lowest BCUT2D eigenvalue weighted by atomic mass is 9.85. The van der Waals surface area contributed by atoms with Crippen molar-refractivity contribution in [3.05, 3.63) is 71.8 Å². The standard InChI is InChI=1S/C43H60N6O10/c1-10-17-30(35(52)38(54)44-25-32(50)46-34(39(55)48(8)9)28-20-15-12-16-21-28)45-37(53)31-24-29(58-33(51)23-22-27-18-13-11-14-19-27)26-49(31)40(56)36(42(2,3)4)47-41(57)59-43(5,6)7/h11-16,18-21,29-31,34,36H,10,17,22-26H2,1-9H3,(H,44,54)(H,45,53)(H,46,50)(H,47,57). The number of nitrogens with zero attached hydrogens (tertiary/aromatic N) is 2. The van der Waals surface area contributed by atoms with Gasteiger partial charge in [-0.25, -0.2) is 4.79 Å². The largest absolute Gasteiger partial charge is 0.460 e. The summed E-state index contributed by atoms with van der Waals surface area (Å²) in [5.74, 6) is -5.28. The molecule has 2 aromatic carbocycles. The zero-order valence-corrected chi connectivity index (χ0v) is 35.6. The van der Waals surface area contributed by atoms with Gasteiger partial charge in [-0.2, -0.15) is 0 Å². The van der Waals surface area contributed by atoms with Crippen molar-refractivity contribution in [2.45, 2.75) is 116 Å². The Balaban J connectivity index is 1.79. The van der Waals surface area contributed by atoms with E-state index in [1.165, 1.54) is 23.9 Å². The Morgan fingerprint density at radius 2 is 1.46 bits per heavy atom. The van der Waals surface area contributed by atoms with Gasteiger partial charge in [0.2, 0.25) is 29.4 Å². The molecule has 0 spiro atoms. The number of likely N-dealkylation sites (N-methyl/N-ethyl adjacent to an activating group) is 1. The quantitative estimate of drug-likeness (QED) is 0.136. The number of ketones is 1. The molecule has 1 aliphatic rings. The van der Waals surface area contributed by atoms with Crippen LogP contribution in [-0.4, -0.2) is 114 Å². The van der Waals surface area contributed by atoms with Crippen LogP contribution in [0, 0.1) is 5.41 Å². The molecule has 2 aromatic rings. The highest BCUT2D eigenvalue weighted by Crippen LogP contribution is 2.28. The highest BCUT2D eigenvalue weighted by atomic mass is 16.6. The number of alkyl carbamates (subject to hydrolysis) is 1. The predicted octanol–water partition coefficient (Wildman–Crippen LogP) is 2.99. The third kappa shape index (κ3) is 14.8. The fraction of sp³-hybridized carbons (Fsp3) is 0.535. The van der Waals surface area contributed by atoms with Gasteiger partial charge in [-0.05, 0) is 50.2 Å². The summed E-state index contributed by atoms with van der Waals surface area (Å²) in [7, 11) is 3.08. The van der Waals surface area contributed by atoms with Crippen LogP contribution in [0.3, 0.4) is 0 Å². The number of carbonyl (C=O) groups excluding carboxylic acids is 8. The minimum atomic E-state index is -1.34. The summed E-state index contributed by atoms with van der Waals surface area (Å²) in [4.78, 5) is 109. The molecule has 1 fully saturated rings. The van der Waals surface area contributed by atoms with Gasteiger partial charge in [0.15, 0.2) is 0 Å². The second-order valence-electron chi connectivity index (χ2n) is 16.8. The Hall–Kier alpha value is -5.80. The molecular formula is C43H60N6O10. The summed E-state index contributed by atoms with van der Waals surface area (Å²) in [5, 5.41) is 10.1. The van der Waals surface area contributed by atoms with Crippen molar-refractivity contribution >= 4 is 47.4 Å². The fourth-order valence-corrected chi connectivity index (χ4v) is 6.39. The van der Waals surface area contributed by atoms with E-state index in [0.29, 0.717) is 18.4 Å². The summed E-state index contributed by atoms with van der Waals surface area (Å²) < 4.78 is 11.2. The smallest absolute Gasteiger partial charge is 0.408 e. The summed E-state index contributed by atoms with van der Waals surface area (Å²) in [5.41, 5.74) is -0.285. The normalized spacial score (nSPS) is 16.7. The summed E-state index contributed by atoms with van der Waals surface area (Å²) in [6, 6.07) is 13.0. The minimum Gasteiger partial charge on any atom is -0.460 e. The van der Waals surface area contributed by atoms with Crippen LogP contribution in [0.25, 0.3) is 0 Å². The van der Waals surface area contributed by atoms with Crippen molar-refractivity contribution in [1.82, 2.24) is 31.1 Å². The molecule has 0 aromatic heterocycles. The van der Waals surface area contributed by atoms with Gasteiger partial charge < -0.3 is 40.5 Å². The number of amides is 6. The second kappa shape index (κ2) is 21.3. The molecule has 322 valence electrons. The molecule has 16 nitrogen and oxygen atoms in total. The first-order valence-corrected chi connectivity index (χ1v) is 19.8. The highest BCUT2D eigenvalue weighted by molar-refractivity contribution is 6.38. The molecule has 5 unspecified atom stereocenters. The van der Waals surface area contributed by atoms with Crippen molar-refractivity contribution in [2.24, 2.45) is 5.41 Å². The highest BCUT2D eigenvalue weighted by Gasteiger charge is 2.47. The Kier molecular flexibility index (Phi) is 17.2. The van der Waals surface area contributed by atoms with Crippen LogP contribution in [0.5, 0.6) is 0 Å². The Morgan fingerprint density at radius 3 is 2.02 bits per heavy atom. The molecule has 0 radical (unpaired) electrons. The van der Waals surface area contributed by atoms with E-state index in [9.17, 15) is 38.4 Å². The number of nitrogens with one attached hydrogen (secondary N) is 4. The fourth-order valence-electron chi connectivity index (χ4n) is 6.39. The maximum atomic E-state index is 14.3. The average molecular weight is 821 g/mol. The number of likely N-dealkylation sites (tertiary alicyclic amines) is 1. The van der Waals surface area contributed by atoms with E-state index in [4.69, 9.17) is 9.47 Å². The first-order chi connectivity index (χ1) is 27.6. The number of ether oxygens (including phenoxy) is 2. The van der Waals surface area contributed by atoms with Crippen LogP contribution in [0.4, 0.5) is 4.79 Å². The van der Waals surface area contributed by atoms with Gasteiger partial charge in [0.25, 0.3) is 5.91 Å². The van der Waals surface area contributed by atoms with Gasteiger partial charge in [-0.15, -0.1) is 0 Å².